The highest BCUT2D eigenvalue weighted by Crippen LogP contribution is 2.23. The molecule has 0 saturated heterocycles. The Morgan fingerprint density at radius 2 is 2.13 bits per heavy atom. The summed E-state index contributed by atoms with van der Waals surface area (Å²) in [6.45, 7) is 2.95. The highest BCUT2D eigenvalue weighted by Gasteiger charge is 2.18. The zero-order chi connectivity index (χ0) is 20.8. The summed E-state index contributed by atoms with van der Waals surface area (Å²) >= 11 is 1.32. The molecule has 9 heteroatoms. The first-order valence-electron chi connectivity index (χ1n) is 9.36. The summed E-state index contributed by atoms with van der Waals surface area (Å²) in [6.07, 6.45) is 6.46. The lowest BCUT2D eigenvalue weighted by Crippen LogP contribution is -2.24. The Hall–Kier alpha value is -3.46. The molecule has 30 heavy (non-hydrogen) atoms. The number of rotatable bonds is 8. The van der Waals surface area contributed by atoms with E-state index in [0.29, 0.717) is 29.8 Å². The maximum Gasteiger partial charge on any atom is 0.230 e. The van der Waals surface area contributed by atoms with Crippen molar-refractivity contribution < 1.29 is 9.21 Å². The Kier molecular flexibility index (Phi) is 6.19. The molecule has 1 aromatic carbocycles. The van der Waals surface area contributed by atoms with Crippen LogP contribution in [0.15, 0.2) is 70.8 Å². The summed E-state index contributed by atoms with van der Waals surface area (Å²) in [6, 6.07) is 11.8. The molecule has 4 aromatic rings. The van der Waals surface area contributed by atoms with Gasteiger partial charge in [0.2, 0.25) is 5.91 Å². The van der Waals surface area contributed by atoms with Crippen LogP contribution >= 0.6 is 11.8 Å². The summed E-state index contributed by atoms with van der Waals surface area (Å²) in [5.74, 6) is 1.48. The number of aryl methyl sites for hydroxylation is 1. The van der Waals surface area contributed by atoms with E-state index in [1.54, 1.807) is 24.9 Å². The van der Waals surface area contributed by atoms with Crippen molar-refractivity contribution in [3.05, 3.63) is 78.1 Å². The van der Waals surface area contributed by atoms with Gasteiger partial charge < -0.3 is 9.73 Å². The number of furan rings is 1. The largest absolute Gasteiger partial charge is 0.467 e. The molecule has 1 amide bonds. The number of nitrogens with zero attached hydrogens (tertiary/aromatic N) is 5. The fraction of sp³-hybridized carbons (Fsp3) is 0.190. The molecule has 0 atom stereocenters. The monoisotopic (exact) mass is 420 g/mol. The van der Waals surface area contributed by atoms with Gasteiger partial charge in [-0.3, -0.25) is 14.3 Å². The van der Waals surface area contributed by atoms with E-state index in [9.17, 15) is 4.79 Å². The van der Waals surface area contributed by atoms with Crippen LogP contribution in [0.4, 0.5) is 0 Å². The summed E-state index contributed by atoms with van der Waals surface area (Å²) in [5.41, 5.74) is 2.84. The van der Waals surface area contributed by atoms with Crippen LogP contribution in [-0.4, -0.2) is 36.4 Å². The number of carbonyl (C=O) groups is 1. The van der Waals surface area contributed by atoms with Crippen LogP contribution < -0.4 is 5.32 Å². The van der Waals surface area contributed by atoms with Gasteiger partial charge in [-0.1, -0.05) is 41.6 Å². The number of thioether (sulfide) groups is 1. The first-order chi connectivity index (χ1) is 14.7. The molecule has 4 rings (SSSR count). The third kappa shape index (κ3) is 4.93. The molecular weight excluding hydrogens is 400 g/mol. The zero-order valence-corrected chi connectivity index (χ0v) is 17.2. The van der Waals surface area contributed by atoms with Gasteiger partial charge in [-0.25, -0.2) is 4.98 Å². The highest BCUT2D eigenvalue weighted by atomic mass is 32.2. The number of hydrogen-bond donors (Lipinski definition) is 1. The van der Waals surface area contributed by atoms with Crippen LogP contribution in [0, 0.1) is 6.92 Å². The molecule has 0 aliphatic heterocycles. The average Bonchev–Trinajstić information content (AvgIpc) is 3.42. The Bertz CT molecular complexity index is 1110. The van der Waals surface area contributed by atoms with Crippen molar-refractivity contribution in [2.45, 2.75) is 25.2 Å². The van der Waals surface area contributed by atoms with Crippen LogP contribution in [-0.2, 0) is 17.9 Å². The Morgan fingerprint density at radius 1 is 1.20 bits per heavy atom. The van der Waals surface area contributed by atoms with Crippen molar-refractivity contribution in [3.8, 4) is 11.5 Å². The van der Waals surface area contributed by atoms with Gasteiger partial charge in [-0.2, -0.15) is 0 Å². The molecule has 0 unspecified atom stereocenters. The van der Waals surface area contributed by atoms with Gasteiger partial charge in [-0.05, 0) is 24.6 Å². The first-order valence-corrected chi connectivity index (χ1v) is 10.3. The maximum absolute atomic E-state index is 12.3. The molecule has 3 heterocycles. The fourth-order valence-electron chi connectivity index (χ4n) is 2.90. The minimum absolute atomic E-state index is 0.0740. The van der Waals surface area contributed by atoms with E-state index in [-0.39, 0.29) is 11.7 Å². The van der Waals surface area contributed by atoms with Crippen molar-refractivity contribution >= 4 is 17.7 Å². The van der Waals surface area contributed by atoms with Crippen LogP contribution in [0.25, 0.3) is 11.5 Å². The van der Waals surface area contributed by atoms with Crippen LogP contribution in [0.1, 0.15) is 16.9 Å². The molecule has 152 valence electrons. The number of hydrogen-bond acceptors (Lipinski definition) is 7. The predicted octanol–water partition coefficient (Wildman–Crippen LogP) is 3.09. The van der Waals surface area contributed by atoms with Crippen molar-refractivity contribution in [2.24, 2.45) is 0 Å². The van der Waals surface area contributed by atoms with Gasteiger partial charge in [0.05, 0.1) is 24.8 Å². The first kappa shape index (κ1) is 19.8. The number of benzene rings is 1. The molecule has 8 nitrogen and oxygen atoms in total. The smallest absolute Gasteiger partial charge is 0.230 e. The maximum atomic E-state index is 12.3. The number of nitrogens with one attached hydrogen (secondary N) is 1. The standard InChI is InChI=1S/C21H20N6O2S/c1-15-4-2-5-16(10-15)11-24-19(28)14-30-21-26-25-20(18-12-22-7-8-23-18)27(21)13-17-6-3-9-29-17/h2-10,12H,11,13-14H2,1H3,(H,24,28). The van der Waals surface area contributed by atoms with Gasteiger partial charge in [0.25, 0.3) is 0 Å². The lowest BCUT2D eigenvalue weighted by Gasteiger charge is -2.09. The third-order valence-corrected chi connectivity index (χ3v) is 5.27. The van der Waals surface area contributed by atoms with Crippen molar-refractivity contribution in [2.75, 3.05) is 5.75 Å². The topological polar surface area (TPSA) is 98.7 Å². The van der Waals surface area contributed by atoms with Crippen LogP contribution in [0.3, 0.4) is 0 Å². The van der Waals surface area contributed by atoms with Crippen LogP contribution in [0.5, 0.6) is 0 Å². The second kappa shape index (κ2) is 9.36. The summed E-state index contributed by atoms with van der Waals surface area (Å²) in [5, 5.41) is 12.1. The van der Waals surface area contributed by atoms with Gasteiger partial charge in [0, 0.05) is 18.9 Å². The van der Waals surface area contributed by atoms with E-state index in [4.69, 9.17) is 4.42 Å². The molecule has 1 N–H and O–H groups in total. The Morgan fingerprint density at radius 3 is 2.90 bits per heavy atom. The van der Waals surface area contributed by atoms with E-state index in [2.05, 4.69) is 31.5 Å². The molecular formula is C21H20N6O2S. The Balaban J connectivity index is 1.45. The minimum Gasteiger partial charge on any atom is -0.467 e. The molecule has 3 aromatic heterocycles. The molecule has 0 radical (unpaired) electrons. The van der Waals surface area contributed by atoms with Crippen molar-refractivity contribution in [1.82, 2.24) is 30.0 Å². The molecule has 0 aliphatic rings. The SMILES string of the molecule is Cc1cccc(CNC(=O)CSc2nnc(-c3cnccn3)n2Cc2ccco2)c1. The lowest BCUT2D eigenvalue weighted by molar-refractivity contribution is -0.118. The summed E-state index contributed by atoms with van der Waals surface area (Å²) in [7, 11) is 0. The molecule has 0 aliphatic carbocycles. The lowest BCUT2D eigenvalue weighted by atomic mass is 10.1. The number of aromatic nitrogens is 5. The molecule has 0 saturated carbocycles. The molecule has 0 spiro atoms. The number of carbonyl (C=O) groups excluding carboxylic acids is 1. The molecule has 0 fully saturated rings. The molecule has 0 bridgehead atoms. The van der Waals surface area contributed by atoms with Gasteiger partial charge in [0.15, 0.2) is 11.0 Å². The van der Waals surface area contributed by atoms with Crippen molar-refractivity contribution in [3.63, 3.8) is 0 Å². The third-order valence-electron chi connectivity index (χ3n) is 4.31. The predicted molar refractivity (Wildman–Crippen MR) is 113 cm³/mol. The second-order valence-electron chi connectivity index (χ2n) is 6.62. The van der Waals surface area contributed by atoms with Gasteiger partial charge in [-0.15, -0.1) is 10.2 Å². The minimum atomic E-state index is -0.0740. The van der Waals surface area contributed by atoms with Crippen molar-refractivity contribution in [1.29, 1.82) is 0 Å². The van der Waals surface area contributed by atoms with E-state index in [0.717, 1.165) is 11.3 Å². The summed E-state index contributed by atoms with van der Waals surface area (Å²) in [4.78, 5) is 20.8. The normalized spacial score (nSPS) is 10.8. The second-order valence-corrected chi connectivity index (χ2v) is 7.56. The average molecular weight is 420 g/mol. The van der Waals surface area contributed by atoms with E-state index in [1.807, 2.05) is 41.8 Å². The highest BCUT2D eigenvalue weighted by molar-refractivity contribution is 7.99. The van der Waals surface area contributed by atoms with Crippen LogP contribution in [0.2, 0.25) is 0 Å². The fourth-order valence-corrected chi connectivity index (χ4v) is 3.67. The number of amides is 1. The van der Waals surface area contributed by atoms with E-state index >= 15 is 0 Å². The van der Waals surface area contributed by atoms with E-state index in [1.165, 1.54) is 17.3 Å². The summed E-state index contributed by atoms with van der Waals surface area (Å²) < 4.78 is 7.35. The van der Waals surface area contributed by atoms with Gasteiger partial charge >= 0.3 is 0 Å². The van der Waals surface area contributed by atoms with E-state index < -0.39 is 0 Å². The van der Waals surface area contributed by atoms with Gasteiger partial charge in [0.1, 0.15) is 11.5 Å². The Labute approximate surface area is 177 Å². The quantitative estimate of drug-likeness (QED) is 0.437. The zero-order valence-electron chi connectivity index (χ0n) is 16.4.